The van der Waals surface area contributed by atoms with Crippen molar-refractivity contribution in [1.82, 2.24) is 20.0 Å². The average Bonchev–Trinajstić information content (AvgIpc) is 2.95. The van der Waals surface area contributed by atoms with E-state index in [4.69, 9.17) is 0 Å². The fourth-order valence-corrected chi connectivity index (χ4v) is 2.18. The van der Waals surface area contributed by atoms with Gasteiger partial charge in [0.05, 0.1) is 6.54 Å². The van der Waals surface area contributed by atoms with Gasteiger partial charge < -0.3 is 5.11 Å². The standard InChI is InChI=1S/C15H10F2N4O2/c16-11-3-4-12(17)10(6-11)8-21-14(9-2-1-5-18-7-9)13(15(22)23)19-20-21/h1-7H,8H2,(H,22,23). The Morgan fingerprint density at radius 2 is 2.09 bits per heavy atom. The molecule has 3 rings (SSSR count). The Kier molecular flexibility index (Phi) is 3.80. The van der Waals surface area contributed by atoms with E-state index in [1.54, 1.807) is 12.1 Å². The van der Waals surface area contributed by atoms with Crippen molar-refractivity contribution in [2.45, 2.75) is 6.54 Å². The number of carbonyl (C=O) groups is 1. The molecule has 3 aromatic rings. The van der Waals surface area contributed by atoms with Crippen LogP contribution in [0.15, 0.2) is 42.7 Å². The molecule has 23 heavy (non-hydrogen) atoms. The summed E-state index contributed by atoms with van der Waals surface area (Å²) in [5.74, 6) is -2.48. The Morgan fingerprint density at radius 1 is 1.26 bits per heavy atom. The second-order valence-corrected chi connectivity index (χ2v) is 4.73. The van der Waals surface area contributed by atoms with Crippen LogP contribution < -0.4 is 0 Å². The van der Waals surface area contributed by atoms with Crippen LogP contribution in [-0.2, 0) is 6.54 Å². The molecule has 0 amide bonds. The molecule has 2 aromatic heterocycles. The van der Waals surface area contributed by atoms with Crippen molar-refractivity contribution in [2.24, 2.45) is 0 Å². The normalized spacial score (nSPS) is 10.7. The van der Waals surface area contributed by atoms with Crippen molar-refractivity contribution in [1.29, 1.82) is 0 Å². The van der Waals surface area contributed by atoms with Crippen LogP contribution in [0.4, 0.5) is 8.78 Å². The second-order valence-electron chi connectivity index (χ2n) is 4.73. The summed E-state index contributed by atoms with van der Waals surface area (Å²) in [4.78, 5) is 15.2. The Labute approximate surface area is 129 Å². The number of benzene rings is 1. The summed E-state index contributed by atoms with van der Waals surface area (Å²) in [7, 11) is 0. The third kappa shape index (κ3) is 2.91. The maximum Gasteiger partial charge on any atom is 0.358 e. The number of carboxylic acids is 1. The third-order valence-corrected chi connectivity index (χ3v) is 3.20. The highest BCUT2D eigenvalue weighted by Gasteiger charge is 2.21. The molecule has 6 nitrogen and oxygen atoms in total. The molecular formula is C15H10F2N4O2. The summed E-state index contributed by atoms with van der Waals surface area (Å²) in [6.45, 7) is -0.159. The minimum absolute atomic E-state index is 0.0389. The van der Waals surface area contributed by atoms with Gasteiger partial charge in [0.1, 0.15) is 17.3 Å². The molecule has 0 radical (unpaired) electrons. The topological polar surface area (TPSA) is 80.9 Å². The molecule has 0 atom stereocenters. The molecule has 0 unspecified atom stereocenters. The molecule has 2 heterocycles. The van der Waals surface area contributed by atoms with E-state index in [-0.39, 0.29) is 23.5 Å². The first-order valence-corrected chi connectivity index (χ1v) is 6.57. The fourth-order valence-electron chi connectivity index (χ4n) is 2.18. The van der Waals surface area contributed by atoms with E-state index in [1.807, 2.05) is 0 Å². The van der Waals surface area contributed by atoms with Crippen LogP contribution in [0.3, 0.4) is 0 Å². The minimum atomic E-state index is -1.27. The molecule has 1 N–H and O–H groups in total. The van der Waals surface area contributed by atoms with Gasteiger partial charge in [0.25, 0.3) is 0 Å². The number of hydrogen-bond donors (Lipinski definition) is 1. The van der Waals surface area contributed by atoms with Crippen LogP contribution in [-0.4, -0.2) is 31.1 Å². The van der Waals surface area contributed by atoms with Crippen LogP contribution in [0.2, 0.25) is 0 Å². The molecule has 0 aliphatic rings. The van der Waals surface area contributed by atoms with Crippen LogP contribution in [0.25, 0.3) is 11.3 Å². The summed E-state index contributed by atoms with van der Waals surface area (Å²) in [5.41, 5.74) is 0.396. The molecule has 0 saturated carbocycles. The van der Waals surface area contributed by atoms with Gasteiger partial charge in [-0.2, -0.15) is 0 Å². The summed E-state index contributed by atoms with van der Waals surface area (Å²) in [5, 5.41) is 16.6. The molecule has 0 aliphatic carbocycles. The van der Waals surface area contributed by atoms with E-state index in [9.17, 15) is 18.7 Å². The van der Waals surface area contributed by atoms with Gasteiger partial charge in [-0.3, -0.25) is 4.98 Å². The van der Waals surface area contributed by atoms with Gasteiger partial charge in [-0.15, -0.1) is 5.10 Å². The number of aromatic carboxylic acids is 1. The van der Waals surface area contributed by atoms with Crippen LogP contribution >= 0.6 is 0 Å². The van der Waals surface area contributed by atoms with Crippen LogP contribution in [0.5, 0.6) is 0 Å². The molecule has 0 aliphatic heterocycles. The number of pyridine rings is 1. The van der Waals surface area contributed by atoms with Crippen molar-refractivity contribution in [3.05, 3.63) is 65.6 Å². The van der Waals surface area contributed by atoms with Crippen molar-refractivity contribution >= 4 is 5.97 Å². The van der Waals surface area contributed by atoms with E-state index in [1.165, 1.54) is 17.1 Å². The Hall–Kier alpha value is -3.16. The lowest BCUT2D eigenvalue weighted by molar-refractivity contribution is 0.0691. The molecule has 8 heteroatoms. The molecule has 116 valence electrons. The lowest BCUT2D eigenvalue weighted by Gasteiger charge is -2.08. The van der Waals surface area contributed by atoms with Crippen molar-refractivity contribution in [3.8, 4) is 11.3 Å². The molecular weight excluding hydrogens is 306 g/mol. The first-order valence-electron chi connectivity index (χ1n) is 6.57. The van der Waals surface area contributed by atoms with Gasteiger partial charge in [-0.05, 0) is 30.3 Å². The van der Waals surface area contributed by atoms with Gasteiger partial charge in [0, 0.05) is 23.5 Å². The quantitative estimate of drug-likeness (QED) is 0.799. The first kappa shape index (κ1) is 14.8. The van der Waals surface area contributed by atoms with Crippen molar-refractivity contribution < 1.29 is 18.7 Å². The van der Waals surface area contributed by atoms with E-state index in [0.29, 0.717) is 5.56 Å². The summed E-state index contributed by atoms with van der Waals surface area (Å²) in [6, 6.07) is 6.30. The zero-order chi connectivity index (χ0) is 16.4. The second kappa shape index (κ2) is 5.91. The predicted molar refractivity (Wildman–Crippen MR) is 75.7 cm³/mol. The first-order chi connectivity index (χ1) is 11.1. The Morgan fingerprint density at radius 3 is 2.78 bits per heavy atom. The molecule has 0 fully saturated rings. The smallest absolute Gasteiger partial charge is 0.358 e. The van der Waals surface area contributed by atoms with Gasteiger partial charge in [-0.1, -0.05) is 5.21 Å². The number of nitrogens with zero attached hydrogens (tertiary/aromatic N) is 4. The monoisotopic (exact) mass is 316 g/mol. The minimum Gasteiger partial charge on any atom is -0.476 e. The molecule has 0 bridgehead atoms. The van der Waals surface area contributed by atoms with E-state index in [0.717, 1.165) is 18.2 Å². The Bertz CT molecular complexity index is 865. The summed E-state index contributed by atoms with van der Waals surface area (Å²) >= 11 is 0. The maximum atomic E-state index is 13.8. The lowest BCUT2D eigenvalue weighted by Crippen LogP contribution is -2.08. The van der Waals surface area contributed by atoms with Crippen molar-refractivity contribution in [3.63, 3.8) is 0 Å². The Balaban J connectivity index is 2.10. The highest BCUT2D eigenvalue weighted by Crippen LogP contribution is 2.23. The van der Waals surface area contributed by atoms with Gasteiger partial charge in [0.2, 0.25) is 0 Å². The number of aromatic nitrogens is 4. The zero-order valence-corrected chi connectivity index (χ0v) is 11.6. The molecule has 0 spiro atoms. The number of carboxylic acid groups (broad SMARTS) is 1. The van der Waals surface area contributed by atoms with Crippen LogP contribution in [0, 0.1) is 11.6 Å². The van der Waals surface area contributed by atoms with Gasteiger partial charge in [-0.25, -0.2) is 18.3 Å². The predicted octanol–water partition coefficient (Wildman–Crippen LogP) is 2.36. The van der Waals surface area contributed by atoms with E-state index in [2.05, 4.69) is 15.3 Å². The lowest BCUT2D eigenvalue weighted by atomic mass is 10.1. The number of hydrogen-bond acceptors (Lipinski definition) is 4. The highest BCUT2D eigenvalue weighted by molar-refractivity contribution is 5.92. The molecule has 1 aromatic carbocycles. The SMILES string of the molecule is O=C(O)c1nnn(Cc2cc(F)ccc2F)c1-c1cccnc1. The molecule has 0 saturated heterocycles. The average molecular weight is 316 g/mol. The fraction of sp³-hybridized carbons (Fsp3) is 0.0667. The number of rotatable bonds is 4. The number of halogens is 2. The van der Waals surface area contributed by atoms with Gasteiger partial charge in [0.15, 0.2) is 5.69 Å². The third-order valence-electron chi connectivity index (χ3n) is 3.20. The van der Waals surface area contributed by atoms with Crippen LogP contribution in [0.1, 0.15) is 16.1 Å². The van der Waals surface area contributed by atoms with E-state index < -0.39 is 17.6 Å². The maximum absolute atomic E-state index is 13.8. The zero-order valence-electron chi connectivity index (χ0n) is 11.6. The van der Waals surface area contributed by atoms with E-state index >= 15 is 0 Å². The summed E-state index contributed by atoms with van der Waals surface area (Å²) in [6.07, 6.45) is 2.98. The largest absolute Gasteiger partial charge is 0.476 e. The van der Waals surface area contributed by atoms with Gasteiger partial charge >= 0.3 is 5.97 Å². The highest BCUT2D eigenvalue weighted by atomic mass is 19.1. The van der Waals surface area contributed by atoms with Crippen molar-refractivity contribution in [2.75, 3.05) is 0 Å². The summed E-state index contributed by atoms with van der Waals surface area (Å²) < 4.78 is 28.3.